The first-order valence-corrected chi connectivity index (χ1v) is 5.18. The van der Waals surface area contributed by atoms with E-state index in [1.54, 1.807) is 24.4 Å². The SMILES string of the molecule is Cc1cc(C#N)ccc1-c1nccc(CO)n1. The van der Waals surface area contributed by atoms with E-state index < -0.39 is 0 Å². The minimum Gasteiger partial charge on any atom is -0.390 e. The van der Waals surface area contributed by atoms with Crippen molar-refractivity contribution in [2.24, 2.45) is 0 Å². The highest BCUT2D eigenvalue weighted by atomic mass is 16.3. The molecule has 0 amide bonds. The smallest absolute Gasteiger partial charge is 0.159 e. The van der Waals surface area contributed by atoms with E-state index >= 15 is 0 Å². The van der Waals surface area contributed by atoms with Crippen LogP contribution in [0.4, 0.5) is 0 Å². The van der Waals surface area contributed by atoms with Crippen LogP contribution in [0, 0.1) is 18.3 Å². The summed E-state index contributed by atoms with van der Waals surface area (Å²) in [6.45, 7) is 1.80. The van der Waals surface area contributed by atoms with E-state index in [1.165, 1.54) is 0 Å². The van der Waals surface area contributed by atoms with Gasteiger partial charge in [0.1, 0.15) is 0 Å². The number of nitriles is 1. The maximum absolute atomic E-state index is 9.03. The average molecular weight is 225 g/mol. The van der Waals surface area contributed by atoms with Crippen LogP contribution in [-0.2, 0) is 6.61 Å². The summed E-state index contributed by atoms with van der Waals surface area (Å²) in [4.78, 5) is 8.40. The summed E-state index contributed by atoms with van der Waals surface area (Å²) in [5.41, 5.74) is 3.02. The fourth-order valence-electron chi connectivity index (χ4n) is 1.60. The van der Waals surface area contributed by atoms with Gasteiger partial charge in [-0.15, -0.1) is 0 Å². The van der Waals surface area contributed by atoms with E-state index in [0.717, 1.165) is 11.1 Å². The van der Waals surface area contributed by atoms with Crippen LogP contribution in [0.15, 0.2) is 30.5 Å². The second-order valence-corrected chi connectivity index (χ2v) is 3.67. The number of nitrogens with zero attached hydrogens (tertiary/aromatic N) is 3. The average Bonchev–Trinajstić information content (AvgIpc) is 2.38. The molecule has 1 heterocycles. The summed E-state index contributed by atoms with van der Waals surface area (Å²) in [6, 6.07) is 9.11. The normalized spacial score (nSPS) is 9.94. The maximum Gasteiger partial charge on any atom is 0.159 e. The number of rotatable bonds is 2. The van der Waals surface area contributed by atoms with Gasteiger partial charge in [-0.05, 0) is 36.8 Å². The summed E-state index contributed by atoms with van der Waals surface area (Å²) in [5.74, 6) is 0.568. The molecular formula is C13H11N3O. The first kappa shape index (κ1) is 11.2. The Hall–Kier alpha value is -2.25. The summed E-state index contributed by atoms with van der Waals surface area (Å²) < 4.78 is 0. The van der Waals surface area contributed by atoms with E-state index in [1.807, 2.05) is 13.0 Å². The lowest BCUT2D eigenvalue weighted by Gasteiger charge is -2.05. The van der Waals surface area contributed by atoms with Gasteiger partial charge >= 0.3 is 0 Å². The third kappa shape index (κ3) is 2.30. The molecule has 0 atom stereocenters. The molecule has 0 aliphatic rings. The molecule has 1 aromatic carbocycles. The van der Waals surface area contributed by atoms with Crippen LogP contribution in [0.25, 0.3) is 11.4 Å². The molecular weight excluding hydrogens is 214 g/mol. The molecule has 0 bridgehead atoms. The highest BCUT2D eigenvalue weighted by molar-refractivity contribution is 5.61. The van der Waals surface area contributed by atoms with Crippen molar-refractivity contribution >= 4 is 0 Å². The van der Waals surface area contributed by atoms with Crippen molar-refractivity contribution in [1.82, 2.24) is 9.97 Å². The quantitative estimate of drug-likeness (QED) is 0.846. The van der Waals surface area contributed by atoms with Gasteiger partial charge in [0.15, 0.2) is 5.82 Å². The van der Waals surface area contributed by atoms with Gasteiger partial charge < -0.3 is 5.11 Å². The van der Waals surface area contributed by atoms with Gasteiger partial charge in [0.25, 0.3) is 0 Å². The molecule has 84 valence electrons. The molecule has 2 rings (SSSR count). The van der Waals surface area contributed by atoms with Crippen molar-refractivity contribution < 1.29 is 5.11 Å². The van der Waals surface area contributed by atoms with Gasteiger partial charge in [0, 0.05) is 11.8 Å². The van der Waals surface area contributed by atoms with Crippen molar-refractivity contribution in [1.29, 1.82) is 5.26 Å². The lowest BCUT2D eigenvalue weighted by Crippen LogP contribution is -1.96. The lowest BCUT2D eigenvalue weighted by atomic mass is 10.1. The third-order valence-corrected chi connectivity index (χ3v) is 2.47. The van der Waals surface area contributed by atoms with Crippen molar-refractivity contribution in [3.8, 4) is 17.5 Å². The second-order valence-electron chi connectivity index (χ2n) is 3.67. The van der Waals surface area contributed by atoms with Gasteiger partial charge in [0.2, 0.25) is 0 Å². The van der Waals surface area contributed by atoms with Crippen molar-refractivity contribution in [2.45, 2.75) is 13.5 Å². The van der Waals surface area contributed by atoms with Crippen LogP contribution in [0.3, 0.4) is 0 Å². The molecule has 0 unspecified atom stereocenters. The van der Waals surface area contributed by atoms with E-state index in [4.69, 9.17) is 10.4 Å². The number of aromatic nitrogens is 2. The molecule has 0 aliphatic heterocycles. The van der Waals surface area contributed by atoms with Gasteiger partial charge in [0.05, 0.1) is 23.9 Å². The molecule has 4 nitrogen and oxygen atoms in total. The Labute approximate surface area is 99.2 Å². The topological polar surface area (TPSA) is 69.8 Å². The van der Waals surface area contributed by atoms with Crippen LogP contribution >= 0.6 is 0 Å². The first-order chi connectivity index (χ1) is 8.24. The Kier molecular flexibility index (Phi) is 3.12. The van der Waals surface area contributed by atoms with E-state index in [0.29, 0.717) is 17.1 Å². The Morgan fingerprint density at radius 2 is 2.18 bits per heavy atom. The first-order valence-electron chi connectivity index (χ1n) is 5.18. The summed E-state index contributed by atoms with van der Waals surface area (Å²) in [5, 5.41) is 17.8. The van der Waals surface area contributed by atoms with Crippen LogP contribution in [-0.4, -0.2) is 15.1 Å². The molecule has 0 radical (unpaired) electrons. The summed E-state index contributed by atoms with van der Waals surface area (Å²) >= 11 is 0. The monoisotopic (exact) mass is 225 g/mol. The Bertz CT molecular complexity index is 587. The Balaban J connectivity index is 2.49. The zero-order valence-electron chi connectivity index (χ0n) is 9.38. The van der Waals surface area contributed by atoms with Gasteiger partial charge in [-0.1, -0.05) is 0 Å². The molecule has 2 aromatic rings. The van der Waals surface area contributed by atoms with Crippen molar-refractivity contribution in [2.75, 3.05) is 0 Å². The zero-order chi connectivity index (χ0) is 12.3. The maximum atomic E-state index is 9.03. The van der Waals surface area contributed by atoms with E-state index in [9.17, 15) is 0 Å². The molecule has 0 saturated carbocycles. The van der Waals surface area contributed by atoms with Gasteiger partial charge in [-0.3, -0.25) is 0 Å². The number of aliphatic hydroxyl groups excluding tert-OH is 1. The largest absolute Gasteiger partial charge is 0.390 e. The molecule has 17 heavy (non-hydrogen) atoms. The fourth-order valence-corrected chi connectivity index (χ4v) is 1.60. The number of aliphatic hydroxyl groups is 1. The Morgan fingerprint density at radius 1 is 1.35 bits per heavy atom. The standard InChI is InChI=1S/C13H11N3O/c1-9-6-10(7-14)2-3-12(9)13-15-5-4-11(8-17)16-13/h2-6,17H,8H2,1H3. The highest BCUT2D eigenvalue weighted by Crippen LogP contribution is 2.20. The van der Waals surface area contributed by atoms with Crippen LogP contribution < -0.4 is 0 Å². The molecule has 0 saturated heterocycles. The van der Waals surface area contributed by atoms with Crippen LogP contribution in [0.2, 0.25) is 0 Å². The predicted octanol–water partition coefficient (Wildman–Crippen LogP) is 1.82. The predicted molar refractivity (Wildman–Crippen MR) is 62.8 cm³/mol. The van der Waals surface area contributed by atoms with Crippen LogP contribution in [0.1, 0.15) is 16.8 Å². The number of benzene rings is 1. The number of hydrogen-bond donors (Lipinski definition) is 1. The molecule has 1 N–H and O–H groups in total. The van der Waals surface area contributed by atoms with Gasteiger partial charge in [-0.2, -0.15) is 5.26 Å². The van der Waals surface area contributed by atoms with E-state index in [-0.39, 0.29) is 6.61 Å². The molecule has 0 fully saturated rings. The minimum absolute atomic E-state index is 0.106. The summed E-state index contributed by atoms with van der Waals surface area (Å²) in [7, 11) is 0. The number of hydrogen-bond acceptors (Lipinski definition) is 4. The highest BCUT2D eigenvalue weighted by Gasteiger charge is 2.06. The van der Waals surface area contributed by atoms with Gasteiger partial charge in [-0.25, -0.2) is 9.97 Å². The second kappa shape index (κ2) is 4.73. The molecule has 4 heteroatoms. The zero-order valence-corrected chi connectivity index (χ0v) is 9.38. The lowest BCUT2D eigenvalue weighted by molar-refractivity contribution is 0.277. The number of aryl methyl sites for hydroxylation is 1. The third-order valence-electron chi connectivity index (χ3n) is 2.47. The molecule has 1 aromatic heterocycles. The molecule has 0 aliphatic carbocycles. The van der Waals surface area contributed by atoms with Crippen LogP contribution in [0.5, 0.6) is 0 Å². The van der Waals surface area contributed by atoms with Crippen molar-refractivity contribution in [3.63, 3.8) is 0 Å². The Morgan fingerprint density at radius 3 is 2.82 bits per heavy atom. The fraction of sp³-hybridized carbons (Fsp3) is 0.154. The summed E-state index contributed by atoms with van der Waals surface area (Å²) in [6.07, 6.45) is 1.62. The minimum atomic E-state index is -0.106. The molecule has 0 spiro atoms. The van der Waals surface area contributed by atoms with E-state index in [2.05, 4.69) is 16.0 Å². The van der Waals surface area contributed by atoms with Crippen molar-refractivity contribution in [3.05, 3.63) is 47.3 Å².